The maximum atomic E-state index is 13.4. The highest BCUT2D eigenvalue weighted by Gasteiger charge is 2.22. The SMILES string of the molecule is COC(=O)c1ccc(C)c(NC(=O)c2cn(-c3ccccc3)nc2-c2ccccc2OC)c1. The number of nitrogens with zero attached hydrogens (tertiary/aromatic N) is 2. The predicted octanol–water partition coefficient (Wildman–Crippen LogP) is 4.90. The Bertz CT molecular complexity index is 1310. The smallest absolute Gasteiger partial charge is 0.337 e. The van der Waals surface area contributed by atoms with Crippen molar-refractivity contribution in [2.45, 2.75) is 6.92 Å². The minimum absolute atomic E-state index is 0.350. The van der Waals surface area contributed by atoms with Crippen LogP contribution in [-0.4, -0.2) is 35.9 Å². The molecule has 7 nitrogen and oxygen atoms in total. The van der Waals surface area contributed by atoms with Gasteiger partial charge in [0.2, 0.25) is 0 Å². The number of para-hydroxylation sites is 2. The molecule has 7 heteroatoms. The number of hydrogen-bond acceptors (Lipinski definition) is 5. The fourth-order valence-electron chi connectivity index (χ4n) is 3.48. The second-order valence-corrected chi connectivity index (χ2v) is 7.35. The minimum atomic E-state index is -0.475. The van der Waals surface area contributed by atoms with Crippen molar-refractivity contribution in [1.29, 1.82) is 0 Å². The molecule has 1 N–H and O–H groups in total. The zero-order chi connectivity index (χ0) is 23.4. The fourth-order valence-corrected chi connectivity index (χ4v) is 3.48. The number of methoxy groups -OCH3 is 2. The summed E-state index contributed by atoms with van der Waals surface area (Å²) in [5, 5.41) is 7.62. The molecule has 0 aliphatic rings. The van der Waals surface area contributed by atoms with E-state index in [0.717, 1.165) is 11.3 Å². The van der Waals surface area contributed by atoms with Crippen LogP contribution in [0.1, 0.15) is 26.3 Å². The molecule has 0 atom stereocenters. The molecule has 166 valence electrons. The molecule has 4 aromatic rings. The number of aromatic nitrogens is 2. The van der Waals surface area contributed by atoms with Crippen LogP contribution < -0.4 is 10.1 Å². The topological polar surface area (TPSA) is 82.5 Å². The van der Waals surface area contributed by atoms with Crippen LogP contribution in [0.2, 0.25) is 0 Å². The lowest BCUT2D eigenvalue weighted by atomic mass is 10.1. The Morgan fingerprint density at radius 3 is 2.39 bits per heavy atom. The Morgan fingerprint density at radius 2 is 1.67 bits per heavy atom. The van der Waals surface area contributed by atoms with Crippen molar-refractivity contribution in [2.24, 2.45) is 0 Å². The van der Waals surface area contributed by atoms with Crippen molar-refractivity contribution < 1.29 is 19.1 Å². The summed E-state index contributed by atoms with van der Waals surface area (Å²) >= 11 is 0. The van der Waals surface area contributed by atoms with Gasteiger partial charge in [0, 0.05) is 17.4 Å². The largest absolute Gasteiger partial charge is 0.496 e. The van der Waals surface area contributed by atoms with Gasteiger partial charge in [0.15, 0.2) is 0 Å². The molecular formula is C26H23N3O4. The van der Waals surface area contributed by atoms with Crippen molar-refractivity contribution >= 4 is 17.6 Å². The third kappa shape index (κ3) is 4.48. The standard InChI is InChI=1S/C26H23N3O4/c1-17-13-14-18(26(31)33-3)15-22(17)27-25(30)21-16-29(19-9-5-4-6-10-19)28-24(21)20-11-7-8-12-23(20)32-2/h4-16H,1-3H3,(H,27,30). The summed E-state index contributed by atoms with van der Waals surface area (Å²) in [5.41, 5.74) is 4.04. The molecule has 0 aliphatic heterocycles. The van der Waals surface area contributed by atoms with E-state index in [1.165, 1.54) is 7.11 Å². The number of esters is 1. The molecule has 33 heavy (non-hydrogen) atoms. The number of carbonyl (C=O) groups excluding carboxylic acids is 2. The second kappa shape index (κ2) is 9.40. The van der Waals surface area contributed by atoms with Crippen LogP contribution >= 0.6 is 0 Å². The van der Waals surface area contributed by atoms with Gasteiger partial charge >= 0.3 is 5.97 Å². The lowest BCUT2D eigenvalue weighted by molar-refractivity contribution is 0.0600. The molecular weight excluding hydrogens is 418 g/mol. The van der Waals surface area contributed by atoms with Gasteiger partial charge in [0.25, 0.3) is 5.91 Å². The molecule has 0 fully saturated rings. The van der Waals surface area contributed by atoms with E-state index in [1.807, 2.05) is 61.5 Å². The highest BCUT2D eigenvalue weighted by atomic mass is 16.5. The predicted molar refractivity (Wildman–Crippen MR) is 126 cm³/mol. The van der Waals surface area contributed by atoms with Crippen LogP contribution in [0, 0.1) is 6.92 Å². The maximum Gasteiger partial charge on any atom is 0.337 e. The third-order valence-electron chi connectivity index (χ3n) is 5.25. The number of hydrogen-bond donors (Lipinski definition) is 1. The summed E-state index contributed by atoms with van der Waals surface area (Å²) < 4.78 is 12.0. The van der Waals surface area contributed by atoms with E-state index >= 15 is 0 Å². The molecule has 0 saturated heterocycles. The average molecular weight is 441 g/mol. The van der Waals surface area contributed by atoms with Gasteiger partial charge in [-0.05, 0) is 48.9 Å². The van der Waals surface area contributed by atoms with E-state index in [4.69, 9.17) is 14.6 Å². The zero-order valence-electron chi connectivity index (χ0n) is 18.5. The van der Waals surface area contributed by atoms with Crippen LogP contribution in [-0.2, 0) is 4.74 Å². The normalized spacial score (nSPS) is 10.5. The van der Waals surface area contributed by atoms with E-state index in [2.05, 4.69) is 5.32 Å². The van der Waals surface area contributed by atoms with Gasteiger partial charge < -0.3 is 14.8 Å². The van der Waals surface area contributed by atoms with E-state index in [9.17, 15) is 9.59 Å². The molecule has 1 heterocycles. The van der Waals surface area contributed by atoms with Crippen LogP contribution in [0.4, 0.5) is 5.69 Å². The Labute approximate surface area is 191 Å². The van der Waals surface area contributed by atoms with Crippen molar-refractivity contribution in [3.63, 3.8) is 0 Å². The summed E-state index contributed by atoms with van der Waals surface area (Å²) in [6, 6.07) is 22.0. The molecule has 0 saturated carbocycles. The number of carbonyl (C=O) groups is 2. The van der Waals surface area contributed by atoms with E-state index < -0.39 is 5.97 Å². The minimum Gasteiger partial charge on any atom is -0.496 e. The van der Waals surface area contributed by atoms with E-state index in [-0.39, 0.29) is 5.91 Å². The van der Waals surface area contributed by atoms with Crippen molar-refractivity contribution in [2.75, 3.05) is 19.5 Å². The van der Waals surface area contributed by atoms with Crippen molar-refractivity contribution in [3.8, 4) is 22.7 Å². The third-order valence-corrected chi connectivity index (χ3v) is 5.25. The number of nitrogens with one attached hydrogen (secondary N) is 1. The van der Waals surface area contributed by atoms with Gasteiger partial charge in [-0.15, -0.1) is 0 Å². The monoisotopic (exact) mass is 441 g/mol. The highest BCUT2D eigenvalue weighted by molar-refractivity contribution is 6.09. The van der Waals surface area contributed by atoms with Crippen molar-refractivity contribution in [3.05, 3.63) is 95.7 Å². The first kappa shape index (κ1) is 21.8. The lowest BCUT2D eigenvalue weighted by Gasteiger charge is -2.11. The summed E-state index contributed by atoms with van der Waals surface area (Å²) in [4.78, 5) is 25.4. The molecule has 0 radical (unpaired) electrons. The Morgan fingerprint density at radius 1 is 0.939 bits per heavy atom. The molecule has 0 bridgehead atoms. The van der Waals surface area contributed by atoms with Gasteiger partial charge in [-0.2, -0.15) is 5.10 Å². The first-order chi connectivity index (χ1) is 16.0. The summed E-state index contributed by atoms with van der Waals surface area (Å²) in [6.45, 7) is 1.85. The Hall–Kier alpha value is -4.39. The number of aryl methyl sites for hydroxylation is 1. The number of ether oxygens (including phenoxy) is 2. The summed E-state index contributed by atoms with van der Waals surface area (Å²) in [6.07, 6.45) is 1.69. The number of amides is 1. The Kier molecular flexibility index (Phi) is 6.22. The molecule has 1 aromatic heterocycles. The summed E-state index contributed by atoms with van der Waals surface area (Å²) in [5.74, 6) is -0.228. The molecule has 0 spiro atoms. The quantitative estimate of drug-likeness (QED) is 0.431. The van der Waals surface area contributed by atoms with E-state index in [0.29, 0.717) is 33.8 Å². The molecule has 3 aromatic carbocycles. The Balaban J connectivity index is 1.79. The van der Waals surface area contributed by atoms with Crippen LogP contribution in [0.3, 0.4) is 0 Å². The first-order valence-electron chi connectivity index (χ1n) is 10.3. The number of benzene rings is 3. The molecule has 0 unspecified atom stereocenters. The molecule has 1 amide bonds. The highest BCUT2D eigenvalue weighted by Crippen LogP contribution is 2.32. The van der Waals surface area contributed by atoms with Crippen LogP contribution in [0.25, 0.3) is 16.9 Å². The van der Waals surface area contributed by atoms with Gasteiger partial charge in [-0.25, -0.2) is 9.48 Å². The number of anilines is 1. The molecule has 4 rings (SSSR count). The fraction of sp³-hybridized carbons (Fsp3) is 0.115. The van der Waals surface area contributed by atoms with Gasteiger partial charge in [-0.3, -0.25) is 4.79 Å². The van der Waals surface area contributed by atoms with Gasteiger partial charge in [-0.1, -0.05) is 36.4 Å². The zero-order valence-corrected chi connectivity index (χ0v) is 18.5. The summed E-state index contributed by atoms with van der Waals surface area (Å²) in [7, 11) is 2.90. The van der Waals surface area contributed by atoms with Gasteiger partial charge in [0.1, 0.15) is 11.4 Å². The lowest BCUT2D eigenvalue weighted by Crippen LogP contribution is -2.14. The average Bonchev–Trinajstić information content (AvgIpc) is 3.31. The molecule has 0 aliphatic carbocycles. The van der Waals surface area contributed by atoms with Crippen molar-refractivity contribution in [1.82, 2.24) is 9.78 Å². The van der Waals surface area contributed by atoms with Gasteiger partial charge in [0.05, 0.1) is 31.0 Å². The first-order valence-corrected chi connectivity index (χ1v) is 10.3. The number of rotatable bonds is 6. The van der Waals surface area contributed by atoms with Crippen LogP contribution in [0.15, 0.2) is 79.0 Å². The second-order valence-electron chi connectivity index (χ2n) is 7.35. The van der Waals surface area contributed by atoms with Crippen LogP contribution in [0.5, 0.6) is 5.75 Å². The maximum absolute atomic E-state index is 13.4. The van der Waals surface area contributed by atoms with E-state index in [1.54, 1.807) is 36.2 Å².